The summed E-state index contributed by atoms with van der Waals surface area (Å²) in [5.41, 5.74) is 26.3. The first-order valence-electron chi connectivity index (χ1n) is 28.7. The lowest BCUT2D eigenvalue weighted by molar-refractivity contribution is 0.838. The van der Waals surface area contributed by atoms with Gasteiger partial charge in [0.05, 0.1) is 33.5 Å². The Kier molecular flexibility index (Phi) is 16.1. The van der Waals surface area contributed by atoms with Crippen LogP contribution >= 0.6 is 0 Å². The van der Waals surface area contributed by atoms with Crippen molar-refractivity contribution in [2.24, 2.45) is 0 Å². The predicted octanol–water partition coefficient (Wildman–Crippen LogP) is 20.1. The van der Waals surface area contributed by atoms with Crippen molar-refractivity contribution in [3.8, 4) is 45.4 Å². The maximum Gasteiger partial charge on any atom is 0.146 e. The van der Waals surface area contributed by atoms with E-state index in [1.54, 1.807) is 0 Å². The van der Waals surface area contributed by atoms with Crippen LogP contribution in [0.4, 0.5) is 34.1 Å². The molecule has 6 nitrogen and oxygen atoms in total. The standard InChI is InChI=1S/C72H74N6Si2/c1-49(2)79(50(3)4,51(5)6)47-45-63-69-70(74-66-36-26-25-35-65(66)73-69)64(46-48-80(52(7)8,53(9)10)54(11)12)72-71(63)75-67(55-37-41-61(42-38-55)77(57-27-17-13-18-28-57)58-29-19-14-20-30-58)68(76-72)56-39-43-62(44-40-56)78(59-31-21-15-22-32-59)60-33-23-16-24-34-60/h13-44,49-54H,1-12H3. The Hall–Kier alpha value is -8.15. The summed E-state index contributed by atoms with van der Waals surface area (Å²) in [6.07, 6.45) is 0. The number of rotatable bonds is 14. The number of benzene rings is 8. The molecule has 10 rings (SSSR count). The van der Waals surface area contributed by atoms with Gasteiger partial charge in [-0.15, -0.1) is 11.1 Å². The van der Waals surface area contributed by atoms with Crippen molar-refractivity contribution in [2.45, 2.75) is 116 Å². The van der Waals surface area contributed by atoms with Gasteiger partial charge < -0.3 is 9.80 Å². The number of hydrogen-bond donors (Lipinski definition) is 0. The fourth-order valence-electron chi connectivity index (χ4n) is 12.9. The van der Waals surface area contributed by atoms with Crippen LogP contribution in [-0.2, 0) is 0 Å². The molecular formula is C72H74N6Si2. The van der Waals surface area contributed by atoms with Crippen LogP contribution in [0.3, 0.4) is 0 Å². The number of anilines is 6. The zero-order valence-corrected chi connectivity index (χ0v) is 50.6. The fourth-order valence-corrected chi connectivity index (χ4v) is 23.4. The molecule has 8 aromatic carbocycles. The molecule has 0 aliphatic rings. The first kappa shape index (κ1) is 55.2. The van der Waals surface area contributed by atoms with Gasteiger partial charge >= 0.3 is 0 Å². The highest BCUT2D eigenvalue weighted by Crippen LogP contribution is 2.45. The highest BCUT2D eigenvalue weighted by atomic mass is 28.3. The Morgan fingerprint density at radius 3 is 0.787 bits per heavy atom. The molecule has 0 fully saturated rings. The molecule has 80 heavy (non-hydrogen) atoms. The van der Waals surface area contributed by atoms with Gasteiger partial charge in [-0.1, -0.05) is 204 Å². The lowest BCUT2D eigenvalue weighted by atomic mass is 9.99. The Balaban J connectivity index is 1.32. The van der Waals surface area contributed by atoms with Gasteiger partial charge in [0.2, 0.25) is 0 Å². The second kappa shape index (κ2) is 23.3. The summed E-state index contributed by atoms with van der Waals surface area (Å²) in [4.78, 5) is 27.5. The summed E-state index contributed by atoms with van der Waals surface area (Å²) in [6, 6.07) is 67.9. The van der Waals surface area contributed by atoms with Crippen LogP contribution in [0.1, 0.15) is 94.2 Å². The lowest BCUT2D eigenvalue weighted by Crippen LogP contribution is -2.43. The normalized spacial score (nSPS) is 12.0. The van der Waals surface area contributed by atoms with Crippen LogP contribution in [0.2, 0.25) is 33.2 Å². The van der Waals surface area contributed by atoms with Gasteiger partial charge in [-0.05, 0) is 118 Å². The highest BCUT2D eigenvalue weighted by Gasteiger charge is 2.43. The summed E-state index contributed by atoms with van der Waals surface area (Å²) < 4.78 is 0. The highest BCUT2D eigenvalue weighted by molar-refractivity contribution is 6.91. The minimum atomic E-state index is -2.30. The van der Waals surface area contributed by atoms with E-state index in [0.717, 1.165) is 78.8 Å². The third-order valence-corrected chi connectivity index (χ3v) is 29.4. The van der Waals surface area contributed by atoms with Crippen molar-refractivity contribution in [1.29, 1.82) is 0 Å². The molecular weight excluding hydrogens is 1010 g/mol. The molecule has 0 bridgehead atoms. The molecule has 8 heteroatoms. The van der Waals surface area contributed by atoms with Crippen molar-refractivity contribution in [3.05, 3.63) is 205 Å². The summed E-state index contributed by atoms with van der Waals surface area (Å²) in [7, 11) is -4.59. The molecule has 0 atom stereocenters. The van der Waals surface area contributed by atoms with E-state index in [-0.39, 0.29) is 0 Å². The van der Waals surface area contributed by atoms with Gasteiger partial charge in [0, 0.05) is 45.3 Å². The molecule has 0 spiro atoms. The monoisotopic (exact) mass is 1080 g/mol. The van der Waals surface area contributed by atoms with E-state index in [1.165, 1.54) is 0 Å². The number of hydrogen-bond acceptors (Lipinski definition) is 6. The lowest BCUT2D eigenvalue weighted by Gasteiger charge is -2.38. The number of fused-ring (bicyclic) bond motifs is 3. The summed E-state index contributed by atoms with van der Waals surface area (Å²) in [6.45, 7) is 28.4. The quantitative estimate of drug-likeness (QED) is 0.0614. The minimum Gasteiger partial charge on any atom is -0.311 e. The Morgan fingerprint density at radius 1 is 0.287 bits per heavy atom. The first-order chi connectivity index (χ1) is 38.6. The van der Waals surface area contributed by atoms with Gasteiger partial charge in [-0.3, -0.25) is 0 Å². The molecule has 0 aliphatic heterocycles. The van der Waals surface area contributed by atoms with Crippen LogP contribution in [0.25, 0.3) is 55.6 Å². The van der Waals surface area contributed by atoms with Gasteiger partial charge in [-0.25, -0.2) is 19.9 Å². The number of nitrogens with zero attached hydrogens (tertiary/aromatic N) is 6. The summed E-state index contributed by atoms with van der Waals surface area (Å²) in [5, 5.41) is 0. The van der Waals surface area contributed by atoms with Crippen LogP contribution in [0.5, 0.6) is 0 Å². The first-order valence-corrected chi connectivity index (χ1v) is 33.1. The molecule has 0 saturated carbocycles. The van der Waals surface area contributed by atoms with E-state index in [1.807, 2.05) is 12.1 Å². The second-order valence-electron chi connectivity index (χ2n) is 23.2. The molecule has 0 unspecified atom stereocenters. The smallest absolute Gasteiger partial charge is 0.146 e. The van der Waals surface area contributed by atoms with E-state index in [4.69, 9.17) is 19.9 Å². The van der Waals surface area contributed by atoms with E-state index in [9.17, 15) is 0 Å². The molecule has 0 aliphatic carbocycles. The van der Waals surface area contributed by atoms with Crippen LogP contribution in [0.15, 0.2) is 194 Å². The topological polar surface area (TPSA) is 58.0 Å². The zero-order chi connectivity index (χ0) is 56.3. The predicted molar refractivity (Wildman–Crippen MR) is 346 cm³/mol. The number of aromatic nitrogens is 4. The van der Waals surface area contributed by atoms with Crippen molar-refractivity contribution in [2.75, 3.05) is 9.80 Å². The fraction of sp³-hybridized carbons (Fsp3) is 0.250. The van der Waals surface area contributed by atoms with Crippen LogP contribution in [-0.4, -0.2) is 36.1 Å². The molecule has 0 radical (unpaired) electrons. The average Bonchev–Trinajstić information content (AvgIpc) is 3.49. The molecule has 0 saturated heterocycles. The third-order valence-electron chi connectivity index (χ3n) is 16.8. The Morgan fingerprint density at radius 2 is 0.525 bits per heavy atom. The SMILES string of the molecule is CC(C)[Si](C#Cc1c2nc(-c3ccc(N(c4ccccc4)c4ccccc4)cc3)c(-c3ccc(N(c4ccccc4)c4ccccc4)cc3)nc2c(C#C[Si](C(C)C)(C(C)C)C(C)C)c2nc3ccccc3nc12)(C(C)C)C(C)C. The van der Waals surface area contributed by atoms with E-state index in [2.05, 4.69) is 298 Å². The number of para-hydroxylation sites is 6. The second-order valence-corrected chi connectivity index (χ2v) is 34.3. The van der Waals surface area contributed by atoms with Crippen LogP contribution < -0.4 is 9.80 Å². The molecule has 400 valence electrons. The van der Waals surface area contributed by atoms with Crippen molar-refractivity contribution < 1.29 is 0 Å². The zero-order valence-electron chi connectivity index (χ0n) is 48.6. The van der Waals surface area contributed by atoms with Gasteiger partial charge in [0.1, 0.15) is 38.2 Å². The van der Waals surface area contributed by atoms with E-state index in [0.29, 0.717) is 55.3 Å². The van der Waals surface area contributed by atoms with Crippen molar-refractivity contribution in [3.63, 3.8) is 0 Å². The largest absolute Gasteiger partial charge is 0.311 e. The maximum absolute atomic E-state index is 5.94. The Labute approximate surface area is 477 Å². The molecule has 2 heterocycles. The summed E-state index contributed by atoms with van der Waals surface area (Å²) >= 11 is 0. The molecule has 0 N–H and O–H groups in total. The van der Waals surface area contributed by atoms with Gasteiger partial charge in [0.25, 0.3) is 0 Å². The van der Waals surface area contributed by atoms with E-state index < -0.39 is 16.1 Å². The molecule has 10 aromatic rings. The minimum absolute atomic E-state index is 0.409. The molecule has 2 aromatic heterocycles. The van der Waals surface area contributed by atoms with Crippen molar-refractivity contribution in [1.82, 2.24) is 19.9 Å². The third kappa shape index (κ3) is 10.4. The van der Waals surface area contributed by atoms with Gasteiger partial charge in [0.15, 0.2) is 0 Å². The maximum atomic E-state index is 5.94. The summed E-state index contributed by atoms with van der Waals surface area (Å²) in [5.74, 6) is 7.88. The Bertz CT molecular complexity index is 3530. The molecule has 0 amide bonds. The van der Waals surface area contributed by atoms with E-state index >= 15 is 0 Å². The average molecular weight is 1080 g/mol. The van der Waals surface area contributed by atoms with Crippen molar-refractivity contribution >= 4 is 83.4 Å². The van der Waals surface area contributed by atoms with Gasteiger partial charge in [-0.2, -0.15) is 0 Å². The van der Waals surface area contributed by atoms with Crippen LogP contribution in [0, 0.1) is 22.9 Å².